The number of rotatable bonds is 3. The summed E-state index contributed by atoms with van der Waals surface area (Å²) in [5.41, 5.74) is 0. The molecule has 0 aromatic carbocycles. The Hall–Kier alpha value is 0.100. The van der Waals surface area contributed by atoms with Crippen molar-refractivity contribution in [2.24, 2.45) is 5.92 Å². The molecule has 0 amide bonds. The number of halogens is 3. The predicted molar refractivity (Wildman–Crippen MR) is 74.5 cm³/mol. The molecular formula is C14H24F3NS. The third kappa shape index (κ3) is 4.55. The summed E-state index contributed by atoms with van der Waals surface area (Å²) in [7, 11) is 0. The summed E-state index contributed by atoms with van der Waals surface area (Å²) in [6.07, 6.45) is 5.06. The van der Waals surface area contributed by atoms with Crippen LogP contribution in [-0.4, -0.2) is 29.8 Å². The van der Waals surface area contributed by atoms with Gasteiger partial charge in [-0.15, -0.1) is 0 Å². The van der Waals surface area contributed by atoms with Crippen molar-refractivity contribution < 1.29 is 13.2 Å². The first-order valence-corrected chi connectivity index (χ1v) is 8.63. The smallest absolute Gasteiger partial charge is 0.311 e. The molecule has 2 saturated carbocycles. The molecule has 0 aliphatic heterocycles. The summed E-state index contributed by atoms with van der Waals surface area (Å²) in [5, 5.41) is 4.35. The van der Waals surface area contributed by atoms with Gasteiger partial charge in [0.15, 0.2) is 0 Å². The fourth-order valence-corrected chi connectivity index (χ4v) is 4.26. The minimum atomic E-state index is -3.99. The van der Waals surface area contributed by atoms with E-state index in [4.69, 9.17) is 0 Å². The Morgan fingerprint density at radius 2 is 1.63 bits per heavy atom. The number of nitrogens with one attached hydrogen (secondary N) is 1. The highest BCUT2D eigenvalue weighted by molar-refractivity contribution is 7.99. The Balaban J connectivity index is 1.73. The first-order chi connectivity index (χ1) is 8.99. The van der Waals surface area contributed by atoms with Crippen molar-refractivity contribution in [3.63, 3.8) is 0 Å². The minimum absolute atomic E-state index is 0.305. The normalized spacial score (nSPS) is 37.3. The van der Waals surface area contributed by atoms with Crippen molar-refractivity contribution in [1.82, 2.24) is 5.32 Å². The van der Waals surface area contributed by atoms with Crippen LogP contribution in [0.3, 0.4) is 0 Å². The SMILES string of the molecule is CSC1CCCC(NC2CCC(C(F)(F)F)CC2)C1. The fraction of sp³-hybridized carbons (Fsp3) is 1.00. The van der Waals surface area contributed by atoms with E-state index in [2.05, 4.69) is 11.6 Å². The summed E-state index contributed by atoms with van der Waals surface area (Å²) >= 11 is 1.93. The molecule has 112 valence electrons. The molecule has 2 rings (SSSR count). The fourth-order valence-electron chi connectivity index (χ4n) is 3.43. The van der Waals surface area contributed by atoms with Crippen molar-refractivity contribution in [2.45, 2.75) is 74.9 Å². The Morgan fingerprint density at radius 1 is 0.947 bits per heavy atom. The van der Waals surface area contributed by atoms with Crippen LogP contribution in [0.2, 0.25) is 0 Å². The van der Waals surface area contributed by atoms with Gasteiger partial charge in [0.2, 0.25) is 0 Å². The van der Waals surface area contributed by atoms with E-state index in [1.165, 1.54) is 25.7 Å². The minimum Gasteiger partial charge on any atom is -0.311 e. The molecule has 1 nitrogen and oxygen atoms in total. The molecule has 0 aromatic rings. The van der Waals surface area contributed by atoms with Crippen molar-refractivity contribution in [3.8, 4) is 0 Å². The average molecular weight is 295 g/mol. The molecule has 2 atom stereocenters. The van der Waals surface area contributed by atoms with Crippen molar-refractivity contribution in [2.75, 3.05) is 6.26 Å². The standard InChI is InChI=1S/C14H24F3NS/c1-19-13-4-2-3-12(9-13)18-11-7-5-10(6-8-11)14(15,16)17/h10-13,18H,2-9H2,1H3. The van der Waals surface area contributed by atoms with Gasteiger partial charge in [-0.25, -0.2) is 0 Å². The molecule has 0 saturated heterocycles. The molecule has 1 N–H and O–H groups in total. The molecule has 0 aromatic heterocycles. The van der Waals surface area contributed by atoms with Crippen LogP contribution < -0.4 is 5.32 Å². The quantitative estimate of drug-likeness (QED) is 0.829. The van der Waals surface area contributed by atoms with E-state index >= 15 is 0 Å². The van der Waals surface area contributed by atoms with Gasteiger partial charge in [0.1, 0.15) is 0 Å². The van der Waals surface area contributed by atoms with Crippen LogP contribution in [0.4, 0.5) is 13.2 Å². The van der Waals surface area contributed by atoms with Gasteiger partial charge in [0, 0.05) is 17.3 Å². The highest BCUT2D eigenvalue weighted by Gasteiger charge is 2.41. The Kier molecular flexibility index (Phi) is 5.46. The van der Waals surface area contributed by atoms with E-state index in [0.717, 1.165) is 5.25 Å². The van der Waals surface area contributed by atoms with E-state index < -0.39 is 12.1 Å². The number of alkyl halides is 3. The van der Waals surface area contributed by atoms with E-state index in [1.807, 2.05) is 11.8 Å². The first kappa shape index (κ1) is 15.5. The monoisotopic (exact) mass is 295 g/mol. The lowest BCUT2D eigenvalue weighted by molar-refractivity contribution is -0.182. The van der Waals surface area contributed by atoms with Crippen LogP contribution in [0.5, 0.6) is 0 Å². The second-order valence-corrected chi connectivity index (χ2v) is 7.12. The Morgan fingerprint density at radius 3 is 2.21 bits per heavy atom. The molecule has 0 spiro atoms. The maximum atomic E-state index is 12.6. The lowest BCUT2D eigenvalue weighted by Crippen LogP contribution is -2.44. The van der Waals surface area contributed by atoms with Gasteiger partial charge in [0.25, 0.3) is 0 Å². The summed E-state index contributed by atoms with van der Waals surface area (Å²) in [6, 6.07) is 0.836. The Bertz CT molecular complexity index is 274. The molecule has 2 fully saturated rings. The van der Waals surface area contributed by atoms with Crippen LogP contribution in [-0.2, 0) is 0 Å². The third-order valence-electron chi connectivity index (χ3n) is 4.62. The largest absolute Gasteiger partial charge is 0.391 e. The first-order valence-electron chi connectivity index (χ1n) is 7.34. The van der Waals surface area contributed by atoms with Gasteiger partial charge in [-0.1, -0.05) is 6.42 Å². The van der Waals surface area contributed by atoms with E-state index in [0.29, 0.717) is 37.8 Å². The molecule has 2 aliphatic carbocycles. The van der Waals surface area contributed by atoms with Gasteiger partial charge < -0.3 is 5.32 Å². The van der Waals surface area contributed by atoms with Gasteiger partial charge in [-0.05, 0) is 51.2 Å². The van der Waals surface area contributed by atoms with E-state index in [9.17, 15) is 13.2 Å². The topological polar surface area (TPSA) is 12.0 Å². The highest BCUT2D eigenvalue weighted by atomic mass is 32.2. The number of hydrogen-bond donors (Lipinski definition) is 1. The zero-order chi connectivity index (χ0) is 13.9. The summed E-state index contributed by atoms with van der Waals surface area (Å²) < 4.78 is 37.8. The van der Waals surface area contributed by atoms with Crippen LogP contribution in [0.1, 0.15) is 51.4 Å². The summed E-state index contributed by atoms with van der Waals surface area (Å²) in [4.78, 5) is 0. The van der Waals surface area contributed by atoms with Gasteiger partial charge >= 0.3 is 6.18 Å². The molecule has 19 heavy (non-hydrogen) atoms. The van der Waals surface area contributed by atoms with Crippen LogP contribution in [0.25, 0.3) is 0 Å². The highest BCUT2D eigenvalue weighted by Crippen LogP contribution is 2.38. The molecule has 2 unspecified atom stereocenters. The van der Waals surface area contributed by atoms with Crippen molar-refractivity contribution in [1.29, 1.82) is 0 Å². The predicted octanol–water partition coefficient (Wildman–Crippen LogP) is 4.37. The van der Waals surface area contributed by atoms with Crippen molar-refractivity contribution >= 4 is 11.8 Å². The van der Waals surface area contributed by atoms with Crippen molar-refractivity contribution in [3.05, 3.63) is 0 Å². The van der Waals surface area contributed by atoms with Crippen LogP contribution in [0, 0.1) is 5.92 Å². The lowest BCUT2D eigenvalue weighted by Gasteiger charge is -2.35. The van der Waals surface area contributed by atoms with Gasteiger partial charge in [-0.3, -0.25) is 0 Å². The van der Waals surface area contributed by atoms with Gasteiger partial charge in [0.05, 0.1) is 5.92 Å². The van der Waals surface area contributed by atoms with Gasteiger partial charge in [-0.2, -0.15) is 24.9 Å². The molecule has 2 aliphatic rings. The molecule has 5 heteroatoms. The third-order valence-corrected chi connectivity index (χ3v) is 5.72. The summed E-state index contributed by atoms with van der Waals surface area (Å²) in [5.74, 6) is -1.06. The average Bonchev–Trinajstić information content (AvgIpc) is 2.38. The van der Waals surface area contributed by atoms with E-state index in [-0.39, 0.29) is 0 Å². The zero-order valence-electron chi connectivity index (χ0n) is 11.5. The molecule has 0 radical (unpaired) electrons. The molecule has 0 heterocycles. The van der Waals surface area contributed by atoms with Crippen LogP contribution >= 0.6 is 11.8 Å². The Labute approximate surface area is 118 Å². The second-order valence-electron chi connectivity index (χ2n) is 5.98. The number of hydrogen-bond acceptors (Lipinski definition) is 2. The molecule has 0 bridgehead atoms. The maximum absolute atomic E-state index is 12.6. The summed E-state index contributed by atoms with van der Waals surface area (Å²) in [6.45, 7) is 0. The number of thioether (sulfide) groups is 1. The maximum Gasteiger partial charge on any atom is 0.391 e. The lowest BCUT2D eigenvalue weighted by atomic mass is 9.84. The zero-order valence-corrected chi connectivity index (χ0v) is 12.3. The molecular weight excluding hydrogens is 271 g/mol. The second kappa shape index (κ2) is 6.70. The van der Waals surface area contributed by atoms with E-state index in [1.54, 1.807) is 0 Å². The van der Waals surface area contributed by atoms with Crippen LogP contribution in [0.15, 0.2) is 0 Å².